The molecule has 0 unspecified atom stereocenters. The Morgan fingerprint density at radius 2 is 2.00 bits per heavy atom. The number of carboxylic acid groups (broad SMARTS) is 1. The summed E-state index contributed by atoms with van der Waals surface area (Å²) in [7, 11) is 0. The second kappa shape index (κ2) is 7.08. The minimum Gasteiger partial charge on any atom is -0.478 e. The molecule has 2 aromatic heterocycles. The Kier molecular flexibility index (Phi) is 4.44. The fourth-order valence-corrected chi connectivity index (χ4v) is 3.21. The van der Waals surface area contributed by atoms with E-state index in [1.165, 1.54) is 18.3 Å². The van der Waals surface area contributed by atoms with E-state index < -0.39 is 11.9 Å². The molecule has 2 aromatic carbocycles. The van der Waals surface area contributed by atoms with Gasteiger partial charge >= 0.3 is 5.97 Å². The minimum atomic E-state index is -1.04. The predicted octanol–water partition coefficient (Wildman–Crippen LogP) is 3.47. The molecular weight excluding hydrogens is 370 g/mol. The van der Waals surface area contributed by atoms with Gasteiger partial charge in [-0.3, -0.25) is 14.9 Å². The average molecular weight is 387 g/mol. The number of benzene rings is 2. The van der Waals surface area contributed by atoms with Crippen LogP contribution in [0.2, 0.25) is 0 Å². The first-order valence-electron chi connectivity index (χ1n) is 8.77. The van der Waals surface area contributed by atoms with Crippen molar-refractivity contribution in [1.82, 2.24) is 15.2 Å². The fraction of sp³-hybridized carbons (Fsp3) is 0.0476. The number of fused-ring (bicyclic) bond motifs is 1. The number of hydrogen-bond donors (Lipinski definition) is 4. The standard InChI is InChI=1S/C21H17N5O3/c1-11-16(10-24-26-11)12-5-6-15-18(8-12)23-9-17(20(22)27)19(15)25-14-4-2-3-13(7-14)21(28)29/h2-10H,1H3,(H2,22,27)(H,23,25)(H,24,26)(H,28,29). The number of carbonyl (C=O) groups excluding carboxylic acids is 1. The van der Waals surface area contributed by atoms with E-state index in [9.17, 15) is 14.7 Å². The average Bonchev–Trinajstić information content (AvgIpc) is 3.13. The van der Waals surface area contributed by atoms with E-state index in [4.69, 9.17) is 5.73 Å². The van der Waals surface area contributed by atoms with Crippen molar-refractivity contribution < 1.29 is 14.7 Å². The number of carbonyl (C=O) groups is 2. The maximum absolute atomic E-state index is 12.0. The third-order valence-electron chi connectivity index (χ3n) is 4.66. The summed E-state index contributed by atoms with van der Waals surface area (Å²) in [5, 5.41) is 20.0. The number of nitrogens with two attached hydrogens (primary N) is 1. The lowest BCUT2D eigenvalue weighted by Crippen LogP contribution is -2.14. The number of aromatic nitrogens is 3. The lowest BCUT2D eigenvalue weighted by Gasteiger charge is -2.14. The highest BCUT2D eigenvalue weighted by molar-refractivity contribution is 6.08. The monoisotopic (exact) mass is 387 g/mol. The van der Waals surface area contributed by atoms with Crippen molar-refractivity contribution in [3.8, 4) is 11.1 Å². The van der Waals surface area contributed by atoms with E-state index in [0.29, 0.717) is 22.3 Å². The number of nitrogens with zero attached hydrogens (tertiary/aromatic N) is 2. The molecule has 0 bridgehead atoms. The summed E-state index contributed by atoms with van der Waals surface area (Å²) in [6.45, 7) is 1.90. The number of aromatic amines is 1. The third kappa shape index (κ3) is 3.39. The lowest BCUT2D eigenvalue weighted by atomic mass is 10.0. The van der Waals surface area contributed by atoms with Gasteiger partial charge in [-0.2, -0.15) is 5.10 Å². The van der Waals surface area contributed by atoms with Crippen molar-refractivity contribution >= 4 is 34.2 Å². The molecule has 0 saturated carbocycles. The Morgan fingerprint density at radius 3 is 2.69 bits per heavy atom. The maximum Gasteiger partial charge on any atom is 0.335 e. The molecule has 0 radical (unpaired) electrons. The number of primary amides is 1. The summed E-state index contributed by atoms with van der Waals surface area (Å²) in [6, 6.07) is 12.0. The van der Waals surface area contributed by atoms with Crippen molar-refractivity contribution in [3.63, 3.8) is 0 Å². The number of anilines is 2. The number of rotatable bonds is 5. The van der Waals surface area contributed by atoms with E-state index in [1.54, 1.807) is 12.1 Å². The van der Waals surface area contributed by atoms with Gasteiger partial charge in [0.25, 0.3) is 5.91 Å². The molecule has 0 atom stereocenters. The molecule has 0 fully saturated rings. The Morgan fingerprint density at radius 1 is 1.17 bits per heavy atom. The van der Waals surface area contributed by atoms with E-state index >= 15 is 0 Å². The molecule has 8 nitrogen and oxygen atoms in total. The van der Waals surface area contributed by atoms with Crippen LogP contribution in [0, 0.1) is 6.92 Å². The summed E-state index contributed by atoms with van der Waals surface area (Å²) < 4.78 is 0. The highest BCUT2D eigenvalue weighted by atomic mass is 16.4. The molecule has 1 amide bonds. The molecule has 144 valence electrons. The number of aromatic carboxylic acids is 1. The van der Waals surface area contributed by atoms with Crippen LogP contribution in [0.3, 0.4) is 0 Å². The SMILES string of the molecule is Cc1n[nH]cc1-c1ccc2c(Nc3cccc(C(=O)O)c3)c(C(N)=O)cnc2c1. The first kappa shape index (κ1) is 18.2. The second-order valence-corrected chi connectivity index (χ2v) is 6.54. The van der Waals surface area contributed by atoms with Crippen molar-refractivity contribution in [1.29, 1.82) is 0 Å². The number of aryl methyl sites for hydroxylation is 1. The van der Waals surface area contributed by atoms with Crippen molar-refractivity contribution in [2.45, 2.75) is 6.92 Å². The maximum atomic E-state index is 12.0. The number of pyridine rings is 1. The quantitative estimate of drug-likeness (QED) is 0.414. The number of carboxylic acids is 1. The van der Waals surface area contributed by atoms with E-state index in [-0.39, 0.29) is 11.1 Å². The van der Waals surface area contributed by atoms with Crippen LogP contribution < -0.4 is 11.1 Å². The summed E-state index contributed by atoms with van der Waals surface area (Å²) in [5.41, 5.74) is 10.3. The zero-order valence-corrected chi connectivity index (χ0v) is 15.4. The smallest absolute Gasteiger partial charge is 0.335 e. The third-order valence-corrected chi connectivity index (χ3v) is 4.66. The molecule has 0 aliphatic rings. The summed E-state index contributed by atoms with van der Waals surface area (Å²) >= 11 is 0. The van der Waals surface area contributed by atoms with E-state index in [1.807, 2.05) is 31.3 Å². The number of H-pyrrole nitrogens is 1. The number of amides is 1. The van der Waals surface area contributed by atoms with Crippen LogP contribution in [-0.4, -0.2) is 32.2 Å². The van der Waals surface area contributed by atoms with Gasteiger partial charge < -0.3 is 16.2 Å². The lowest BCUT2D eigenvalue weighted by molar-refractivity contribution is 0.0696. The van der Waals surface area contributed by atoms with E-state index in [0.717, 1.165) is 16.8 Å². The zero-order chi connectivity index (χ0) is 20.5. The van der Waals surface area contributed by atoms with Crippen LogP contribution in [-0.2, 0) is 0 Å². The molecule has 4 rings (SSSR count). The molecule has 4 aromatic rings. The normalized spacial score (nSPS) is 10.8. The largest absolute Gasteiger partial charge is 0.478 e. The molecular formula is C21H17N5O3. The van der Waals surface area contributed by atoms with Crippen LogP contribution >= 0.6 is 0 Å². The molecule has 8 heteroatoms. The fourth-order valence-electron chi connectivity index (χ4n) is 3.21. The summed E-state index contributed by atoms with van der Waals surface area (Å²) in [5.74, 6) is -1.67. The Hall–Kier alpha value is -4.20. The first-order chi connectivity index (χ1) is 13.9. The van der Waals surface area contributed by atoms with Crippen LogP contribution in [0.15, 0.2) is 54.9 Å². The van der Waals surface area contributed by atoms with Gasteiger partial charge in [-0.1, -0.05) is 18.2 Å². The first-order valence-corrected chi connectivity index (χ1v) is 8.77. The molecule has 0 saturated heterocycles. The number of hydrogen-bond acceptors (Lipinski definition) is 5. The predicted molar refractivity (Wildman–Crippen MR) is 109 cm³/mol. The molecule has 0 spiro atoms. The Bertz CT molecular complexity index is 1260. The van der Waals surface area contributed by atoms with Gasteiger partial charge in [0.15, 0.2) is 0 Å². The van der Waals surface area contributed by atoms with Gasteiger partial charge in [0.05, 0.1) is 28.0 Å². The topological polar surface area (TPSA) is 134 Å². The van der Waals surface area contributed by atoms with Crippen molar-refractivity contribution in [3.05, 3.63) is 71.7 Å². The minimum absolute atomic E-state index is 0.131. The zero-order valence-electron chi connectivity index (χ0n) is 15.4. The van der Waals surface area contributed by atoms with Gasteiger partial charge in [0, 0.05) is 29.0 Å². The second-order valence-electron chi connectivity index (χ2n) is 6.54. The Labute approximate surface area is 165 Å². The van der Waals surface area contributed by atoms with Gasteiger partial charge in [0.1, 0.15) is 0 Å². The van der Waals surface area contributed by atoms with Crippen LogP contribution in [0.5, 0.6) is 0 Å². The van der Waals surface area contributed by atoms with Gasteiger partial charge in [-0.25, -0.2) is 4.79 Å². The molecule has 0 aliphatic heterocycles. The van der Waals surface area contributed by atoms with Gasteiger partial charge in [-0.15, -0.1) is 0 Å². The molecule has 29 heavy (non-hydrogen) atoms. The van der Waals surface area contributed by atoms with Gasteiger partial charge in [0.2, 0.25) is 0 Å². The van der Waals surface area contributed by atoms with Crippen LogP contribution in [0.4, 0.5) is 11.4 Å². The van der Waals surface area contributed by atoms with Gasteiger partial charge in [-0.05, 0) is 36.8 Å². The number of nitrogens with one attached hydrogen (secondary N) is 2. The summed E-state index contributed by atoms with van der Waals surface area (Å²) in [6.07, 6.45) is 3.23. The molecule has 2 heterocycles. The highest BCUT2D eigenvalue weighted by Crippen LogP contribution is 2.32. The summed E-state index contributed by atoms with van der Waals surface area (Å²) in [4.78, 5) is 27.6. The molecule has 0 aliphatic carbocycles. The van der Waals surface area contributed by atoms with Crippen LogP contribution in [0.25, 0.3) is 22.0 Å². The van der Waals surface area contributed by atoms with Crippen LogP contribution in [0.1, 0.15) is 26.4 Å². The Balaban J connectivity index is 1.85. The molecule has 5 N–H and O–H groups in total. The van der Waals surface area contributed by atoms with Crippen molar-refractivity contribution in [2.75, 3.05) is 5.32 Å². The highest BCUT2D eigenvalue weighted by Gasteiger charge is 2.15. The van der Waals surface area contributed by atoms with E-state index in [2.05, 4.69) is 20.5 Å². The van der Waals surface area contributed by atoms with Crippen molar-refractivity contribution in [2.24, 2.45) is 5.73 Å².